The predicted molar refractivity (Wildman–Crippen MR) is 44.0 cm³/mol. The molecule has 0 unspecified atom stereocenters. The molecule has 0 aromatic rings. The van der Waals surface area contributed by atoms with E-state index in [1.54, 1.807) is 0 Å². The highest BCUT2D eigenvalue weighted by atomic mass is 16.1. The van der Waals surface area contributed by atoms with Gasteiger partial charge in [-0.3, -0.25) is 4.79 Å². The van der Waals surface area contributed by atoms with Gasteiger partial charge in [0.15, 0.2) is 5.78 Å². The molecule has 0 aliphatic rings. The van der Waals surface area contributed by atoms with E-state index in [4.69, 9.17) is 0 Å². The first-order valence-corrected chi connectivity index (χ1v) is 3.83. The van der Waals surface area contributed by atoms with E-state index in [-0.39, 0.29) is 5.78 Å². The number of hydrogen-bond donors (Lipinski definition) is 0. The van der Waals surface area contributed by atoms with Crippen molar-refractivity contribution in [2.45, 2.75) is 40.5 Å². The zero-order chi connectivity index (χ0) is 8.15. The first-order valence-electron chi connectivity index (χ1n) is 3.83. The minimum absolute atomic E-state index is 0.277. The fourth-order valence-corrected chi connectivity index (χ4v) is 0.768. The van der Waals surface area contributed by atoms with Crippen LogP contribution in [0.1, 0.15) is 40.5 Å². The number of hydrogen-bond acceptors (Lipinski definition) is 1. The van der Waals surface area contributed by atoms with Crippen molar-refractivity contribution in [2.75, 3.05) is 0 Å². The summed E-state index contributed by atoms with van der Waals surface area (Å²) in [5.41, 5.74) is 2.16. The van der Waals surface area contributed by atoms with Gasteiger partial charge in [0.2, 0.25) is 0 Å². The molecule has 0 saturated carbocycles. The highest BCUT2D eigenvalue weighted by Crippen LogP contribution is 2.09. The quantitative estimate of drug-likeness (QED) is 0.551. The maximum absolute atomic E-state index is 11.1. The van der Waals surface area contributed by atoms with Crippen molar-refractivity contribution in [3.05, 3.63) is 11.1 Å². The van der Waals surface area contributed by atoms with Crippen molar-refractivity contribution < 1.29 is 4.79 Å². The Labute approximate surface area is 63.1 Å². The summed E-state index contributed by atoms with van der Waals surface area (Å²) in [5, 5.41) is 0. The van der Waals surface area contributed by atoms with Gasteiger partial charge in [0, 0.05) is 6.42 Å². The first-order chi connectivity index (χ1) is 4.63. The van der Waals surface area contributed by atoms with Gasteiger partial charge in [0.1, 0.15) is 0 Å². The van der Waals surface area contributed by atoms with Gasteiger partial charge in [-0.1, -0.05) is 19.4 Å². The van der Waals surface area contributed by atoms with E-state index in [0.29, 0.717) is 6.42 Å². The zero-order valence-corrected chi connectivity index (χ0v) is 7.32. The van der Waals surface area contributed by atoms with Crippen LogP contribution in [-0.4, -0.2) is 5.78 Å². The summed E-state index contributed by atoms with van der Waals surface area (Å²) >= 11 is 0. The van der Waals surface area contributed by atoms with Crippen LogP contribution in [0.2, 0.25) is 0 Å². The van der Waals surface area contributed by atoms with E-state index in [1.807, 2.05) is 20.8 Å². The molecule has 0 heterocycles. The number of carbonyl (C=O) groups excluding carboxylic acids is 1. The molecule has 1 nitrogen and oxygen atoms in total. The predicted octanol–water partition coefficient (Wildman–Crippen LogP) is 2.71. The molecule has 58 valence electrons. The average molecular weight is 140 g/mol. The summed E-state index contributed by atoms with van der Waals surface area (Å²) in [7, 11) is 0. The Morgan fingerprint density at radius 1 is 1.10 bits per heavy atom. The summed E-state index contributed by atoms with van der Waals surface area (Å²) in [6.07, 6.45) is 1.61. The molecule has 0 fully saturated rings. The zero-order valence-electron chi connectivity index (χ0n) is 7.32. The van der Waals surface area contributed by atoms with E-state index >= 15 is 0 Å². The smallest absolute Gasteiger partial charge is 0.158 e. The molecule has 0 aromatic heterocycles. The van der Waals surface area contributed by atoms with E-state index in [1.165, 1.54) is 5.57 Å². The van der Waals surface area contributed by atoms with Crippen LogP contribution < -0.4 is 0 Å². The minimum atomic E-state index is 0.277. The number of allylic oxidation sites excluding steroid dienone is 2. The van der Waals surface area contributed by atoms with Crippen molar-refractivity contribution in [1.29, 1.82) is 0 Å². The van der Waals surface area contributed by atoms with Gasteiger partial charge >= 0.3 is 0 Å². The summed E-state index contributed by atoms with van der Waals surface area (Å²) in [4.78, 5) is 11.1. The third-order valence-electron chi connectivity index (χ3n) is 1.91. The largest absolute Gasteiger partial charge is 0.295 e. The molecular formula is C9H16O. The summed E-state index contributed by atoms with van der Waals surface area (Å²) in [6.45, 7) is 7.89. The van der Waals surface area contributed by atoms with Crippen LogP contribution in [0.15, 0.2) is 11.1 Å². The molecule has 0 bridgehead atoms. The maximum Gasteiger partial charge on any atom is 0.158 e. The van der Waals surface area contributed by atoms with Crippen LogP contribution in [0, 0.1) is 0 Å². The molecule has 0 N–H and O–H groups in total. The van der Waals surface area contributed by atoms with E-state index < -0.39 is 0 Å². The molecule has 0 aliphatic heterocycles. The van der Waals surface area contributed by atoms with Gasteiger partial charge in [-0.15, -0.1) is 0 Å². The lowest BCUT2D eigenvalue weighted by Gasteiger charge is -2.01. The van der Waals surface area contributed by atoms with Crippen LogP contribution in [0.5, 0.6) is 0 Å². The fraction of sp³-hybridized carbons (Fsp3) is 0.667. The third kappa shape index (κ3) is 2.34. The highest BCUT2D eigenvalue weighted by Gasteiger charge is 2.02. The Hall–Kier alpha value is -0.590. The molecule has 0 aromatic carbocycles. The summed E-state index contributed by atoms with van der Waals surface area (Å²) < 4.78 is 0. The monoisotopic (exact) mass is 140 g/mol. The van der Waals surface area contributed by atoms with Gasteiger partial charge in [0.05, 0.1) is 0 Å². The lowest BCUT2D eigenvalue weighted by molar-refractivity contribution is -0.115. The molecule has 0 spiro atoms. The lowest BCUT2D eigenvalue weighted by Crippen LogP contribution is -1.98. The topological polar surface area (TPSA) is 17.1 Å². The summed E-state index contributed by atoms with van der Waals surface area (Å²) in [5.74, 6) is 0.277. The van der Waals surface area contributed by atoms with Crippen LogP contribution in [-0.2, 0) is 4.79 Å². The first kappa shape index (κ1) is 9.41. The molecule has 0 radical (unpaired) electrons. The van der Waals surface area contributed by atoms with Crippen LogP contribution in [0.25, 0.3) is 0 Å². The Kier molecular flexibility index (Phi) is 4.01. The molecule has 0 atom stereocenters. The molecular weight excluding hydrogens is 124 g/mol. The van der Waals surface area contributed by atoms with Crippen LogP contribution in [0.4, 0.5) is 0 Å². The van der Waals surface area contributed by atoms with E-state index in [0.717, 1.165) is 12.0 Å². The number of Topliss-reactive ketones (excluding diaryl/α,β-unsaturated/α-hetero) is 1. The van der Waals surface area contributed by atoms with Gasteiger partial charge in [-0.25, -0.2) is 0 Å². The Bertz CT molecular complexity index is 154. The molecule has 0 aliphatic carbocycles. The Morgan fingerprint density at radius 2 is 1.60 bits per heavy atom. The SMILES string of the molecule is CCC(=O)/C(C)=C(\C)CC. The second-order valence-corrected chi connectivity index (χ2v) is 2.54. The van der Waals surface area contributed by atoms with Crippen molar-refractivity contribution in [1.82, 2.24) is 0 Å². The van der Waals surface area contributed by atoms with Crippen molar-refractivity contribution in [3.8, 4) is 0 Å². The Morgan fingerprint density at radius 3 is 1.90 bits per heavy atom. The molecule has 0 amide bonds. The maximum atomic E-state index is 11.1. The van der Waals surface area contributed by atoms with Crippen LogP contribution in [0.3, 0.4) is 0 Å². The molecule has 10 heavy (non-hydrogen) atoms. The van der Waals surface area contributed by atoms with E-state index in [9.17, 15) is 4.79 Å². The normalized spacial score (nSPS) is 12.8. The lowest BCUT2D eigenvalue weighted by atomic mass is 10.0. The third-order valence-corrected chi connectivity index (χ3v) is 1.91. The number of ketones is 1. The second-order valence-electron chi connectivity index (χ2n) is 2.54. The van der Waals surface area contributed by atoms with Crippen LogP contribution >= 0.6 is 0 Å². The Balaban J connectivity index is 4.30. The van der Waals surface area contributed by atoms with Gasteiger partial charge < -0.3 is 0 Å². The second kappa shape index (κ2) is 4.26. The fourth-order valence-electron chi connectivity index (χ4n) is 0.768. The van der Waals surface area contributed by atoms with Gasteiger partial charge in [-0.2, -0.15) is 0 Å². The average Bonchev–Trinajstić information content (AvgIpc) is 2.00. The highest BCUT2D eigenvalue weighted by molar-refractivity contribution is 5.95. The molecule has 0 saturated heterocycles. The summed E-state index contributed by atoms with van der Waals surface area (Å²) in [6, 6.07) is 0. The van der Waals surface area contributed by atoms with Gasteiger partial charge in [-0.05, 0) is 25.8 Å². The molecule has 0 rings (SSSR count). The van der Waals surface area contributed by atoms with Gasteiger partial charge in [0.25, 0.3) is 0 Å². The minimum Gasteiger partial charge on any atom is -0.295 e. The standard InChI is InChI=1S/C9H16O/c1-5-7(3)8(4)9(10)6-2/h5-6H2,1-4H3/b8-7+. The van der Waals surface area contributed by atoms with Crippen molar-refractivity contribution >= 4 is 5.78 Å². The van der Waals surface area contributed by atoms with Crippen molar-refractivity contribution in [2.24, 2.45) is 0 Å². The molecule has 1 heteroatoms. The van der Waals surface area contributed by atoms with E-state index in [2.05, 4.69) is 6.92 Å². The number of carbonyl (C=O) groups is 1. The van der Waals surface area contributed by atoms with Crippen molar-refractivity contribution in [3.63, 3.8) is 0 Å². The number of rotatable bonds is 3.